The molecular formula is C17H28O3Si. The van der Waals surface area contributed by atoms with E-state index in [4.69, 9.17) is 13.9 Å². The minimum atomic E-state index is -0.550. The Labute approximate surface area is 131 Å². The molecular weight excluding hydrogens is 280 g/mol. The molecule has 0 spiro atoms. The average Bonchev–Trinajstić information content (AvgIpc) is 2.51. The molecule has 0 aliphatic carbocycles. The van der Waals surface area contributed by atoms with E-state index in [2.05, 4.69) is 30.8 Å². The highest BCUT2D eigenvalue weighted by molar-refractivity contribution is 6.27. The van der Waals surface area contributed by atoms with Gasteiger partial charge in [-0.15, -0.1) is 0 Å². The molecule has 0 N–H and O–H groups in total. The molecule has 0 radical (unpaired) electrons. The maximum absolute atomic E-state index is 5.79. The van der Waals surface area contributed by atoms with E-state index in [9.17, 15) is 0 Å². The van der Waals surface area contributed by atoms with Crippen LogP contribution in [0.15, 0.2) is 30.8 Å². The third-order valence-corrected chi connectivity index (χ3v) is 4.46. The van der Waals surface area contributed by atoms with Crippen LogP contribution in [0.3, 0.4) is 0 Å². The molecule has 0 saturated carbocycles. The van der Waals surface area contributed by atoms with Crippen LogP contribution in [0.1, 0.15) is 31.4 Å². The average molecular weight is 308 g/mol. The Morgan fingerprint density at radius 2 is 1.81 bits per heavy atom. The lowest BCUT2D eigenvalue weighted by Crippen LogP contribution is -2.20. The van der Waals surface area contributed by atoms with E-state index in [1.807, 2.05) is 19.9 Å². The second kappa shape index (κ2) is 11.7. The van der Waals surface area contributed by atoms with Crippen molar-refractivity contribution in [3.63, 3.8) is 0 Å². The van der Waals surface area contributed by atoms with Crippen LogP contribution in [-0.4, -0.2) is 35.9 Å². The van der Waals surface area contributed by atoms with E-state index >= 15 is 0 Å². The van der Waals surface area contributed by atoms with Crippen LogP contribution < -0.4 is 0 Å². The van der Waals surface area contributed by atoms with E-state index in [-0.39, 0.29) is 6.29 Å². The number of rotatable bonds is 12. The highest BCUT2D eigenvalue weighted by Crippen LogP contribution is 2.08. The maximum atomic E-state index is 5.79. The van der Waals surface area contributed by atoms with Crippen molar-refractivity contribution in [2.45, 2.75) is 39.0 Å². The number of hydrogen-bond donors (Lipinski definition) is 0. The first-order chi connectivity index (χ1) is 10.3. The van der Waals surface area contributed by atoms with Crippen LogP contribution in [0.2, 0.25) is 6.04 Å². The molecule has 0 atom stereocenters. The molecule has 0 saturated heterocycles. The minimum absolute atomic E-state index is 0.0712. The van der Waals surface area contributed by atoms with Crippen molar-refractivity contribution < 1.29 is 13.9 Å². The summed E-state index contributed by atoms with van der Waals surface area (Å²) >= 11 is 0. The fourth-order valence-corrected chi connectivity index (χ4v) is 3.17. The van der Waals surface area contributed by atoms with Crippen LogP contribution in [-0.2, 0) is 20.3 Å². The Kier molecular flexibility index (Phi) is 10.1. The Balaban J connectivity index is 2.09. The second-order valence-corrected chi connectivity index (χ2v) is 6.18. The van der Waals surface area contributed by atoms with Crippen LogP contribution in [0.4, 0.5) is 0 Å². The number of aryl methyl sites for hydroxylation is 1. The van der Waals surface area contributed by atoms with Gasteiger partial charge in [0.1, 0.15) is 0 Å². The lowest BCUT2D eigenvalue weighted by atomic mass is 10.1. The van der Waals surface area contributed by atoms with Gasteiger partial charge >= 0.3 is 0 Å². The van der Waals surface area contributed by atoms with Gasteiger partial charge in [0, 0.05) is 25.9 Å². The summed E-state index contributed by atoms with van der Waals surface area (Å²) in [5.41, 5.74) is 2.52. The molecule has 0 bridgehead atoms. The fraction of sp³-hybridized carbons (Fsp3) is 0.529. The van der Waals surface area contributed by atoms with Crippen molar-refractivity contribution in [1.82, 2.24) is 0 Å². The van der Waals surface area contributed by atoms with E-state index in [1.54, 1.807) is 0 Å². The topological polar surface area (TPSA) is 27.7 Å². The molecule has 0 aliphatic rings. The number of ether oxygens (including phenoxy) is 2. The zero-order valence-electron chi connectivity index (χ0n) is 13.3. The van der Waals surface area contributed by atoms with Gasteiger partial charge < -0.3 is 13.9 Å². The summed E-state index contributed by atoms with van der Waals surface area (Å²) in [6, 6.07) is 9.46. The highest BCUT2D eigenvalue weighted by Gasteiger charge is 2.07. The zero-order valence-corrected chi connectivity index (χ0v) is 14.8. The standard InChI is InChI=1S/C17H28O3Si/c1-4-15-9-11-16(12-10-15)8-7-13-20-21-14-17(18-5-2)19-6-3/h4,9-12,17H,1,5-8,13-14,21H2,2-3H3. The highest BCUT2D eigenvalue weighted by atomic mass is 28.2. The Hall–Kier alpha value is -0.943. The molecule has 0 unspecified atom stereocenters. The summed E-state index contributed by atoms with van der Waals surface area (Å²) in [4.78, 5) is 0. The first-order valence-electron chi connectivity index (χ1n) is 7.82. The Morgan fingerprint density at radius 3 is 2.38 bits per heavy atom. The molecule has 3 nitrogen and oxygen atoms in total. The largest absolute Gasteiger partial charge is 0.424 e. The molecule has 0 fully saturated rings. The molecule has 1 aromatic rings. The second-order valence-electron chi connectivity index (χ2n) is 4.79. The molecule has 4 heteroatoms. The van der Waals surface area contributed by atoms with Gasteiger partial charge in [-0.25, -0.2) is 0 Å². The van der Waals surface area contributed by atoms with Crippen molar-refractivity contribution >= 4 is 15.8 Å². The summed E-state index contributed by atoms with van der Waals surface area (Å²) in [5, 5.41) is 0. The molecule has 0 heterocycles. The Bertz CT molecular complexity index is 372. The molecule has 0 amide bonds. The lowest BCUT2D eigenvalue weighted by molar-refractivity contribution is -0.124. The molecule has 1 rings (SSSR count). The van der Waals surface area contributed by atoms with Crippen molar-refractivity contribution in [2.75, 3.05) is 19.8 Å². The fourth-order valence-electron chi connectivity index (χ4n) is 2.07. The predicted octanol–water partition coefficient (Wildman–Crippen LogP) is 3.18. The van der Waals surface area contributed by atoms with Gasteiger partial charge in [0.25, 0.3) is 0 Å². The normalized spacial score (nSPS) is 11.6. The Morgan fingerprint density at radius 1 is 1.14 bits per heavy atom. The third-order valence-electron chi connectivity index (χ3n) is 3.17. The van der Waals surface area contributed by atoms with Gasteiger partial charge in [-0.3, -0.25) is 0 Å². The quantitative estimate of drug-likeness (QED) is 0.337. The zero-order chi connectivity index (χ0) is 15.3. The minimum Gasteiger partial charge on any atom is -0.424 e. The van der Waals surface area contributed by atoms with Gasteiger partial charge in [0.15, 0.2) is 16.1 Å². The summed E-state index contributed by atoms with van der Waals surface area (Å²) in [6.45, 7) is 9.97. The first kappa shape index (κ1) is 18.1. The third kappa shape index (κ3) is 8.17. The summed E-state index contributed by atoms with van der Waals surface area (Å²) < 4.78 is 16.8. The molecule has 21 heavy (non-hydrogen) atoms. The van der Waals surface area contributed by atoms with Crippen molar-refractivity contribution in [1.29, 1.82) is 0 Å². The molecule has 0 aromatic heterocycles. The number of hydrogen-bond acceptors (Lipinski definition) is 3. The monoisotopic (exact) mass is 308 g/mol. The lowest BCUT2D eigenvalue weighted by Gasteiger charge is -2.16. The number of benzene rings is 1. The van der Waals surface area contributed by atoms with Crippen LogP contribution in [0.5, 0.6) is 0 Å². The molecule has 1 aromatic carbocycles. The van der Waals surface area contributed by atoms with Crippen molar-refractivity contribution in [2.24, 2.45) is 0 Å². The first-order valence-corrected chi connectivity index (χ1v) is 9.40. The van der Waals surface area contributed by atoms with Gasteiger partial charge in [0.05, 0.1) is 0 Å². The molecule has 0 aliphatic heterocycles. The van der Waals surface area contributed by atoms with E-state index in [0.717, 1.165) is 25.5 Å². The van der Waals surface area contributed by atoms with Crippen molar-refractivity contribution in [3.8, 4) is 0 Å². The van der Waals surface area contributed by atoms with Crippen LogP contribution >= 0.6 is 0 Å². The molecule has 118 valence electrons. The van der Waals surface area contributed by atoms with Crippen molar-refractivity contribution in [3.05, 3.63) is 42.0 Å². The smallest absolute Gasteiger partial charge is 0.166 e. The van der Waals surface area contributed by atoms with E-state index in [1.165, 1.54) is 11.1 Å². The van der Waals surface area contributed by atoms with Gasteiger partial charge in [-0.2, -0.15) is 0 Å². The van der Waals surface area contributed by atoms with Crippen LogP contribution in [0, 0.1) is 0 Å². The summed E-state index contributed by atoms with van der Waals surface area (Å²) in [6.07, 6.45) is 3.92. The van der Waals surface area contributed by atoms with Gasteiger partial charge in [0.2, 0.25) is 0 Å². The van der Waals surface area contributed by atoms with Gasteiger partial charge in [-0.1, -0.05) is 36.9 Å². The van der Waals surface area contributed by atoms with Gasteiger partial charge in [-0.05, 0) is 37.8 Å². The van der Waals surface area contributed by atoms with E-state index in [0.29, 0.717) is 13.2 Å². The SMILES string of the molecule is C=Cc1ccc(CCCO[SiH2]CC(OCC)OCC)cc1. The maximum Gasteiger partial charge on any atom is 0.166 e. The summed E-state index contributed by atoms with van der Waals surface area (Å²) in [5.74, 6) is 0. The summed E-state index contributed by atoms with van der Waals surface area (Å²) in [7, 11) is -0.550. The van der Waals surface area contributed by atoms with Crippen LogP contribution in [0.25, 0.3) is 6.08 Å². The van der Waals surface area contributed by atoms with E-state index < -0.39 is 9.76 Å². The predicted molar refractivity (Wildman–Crippen MR) is 91.2 cm³/mol.